The van der Waals surface area contributed by atoms with Crippen molar-refractivity contribution in [3.8, 4) is 0 Å². The van der Waals surface area contributed by atoms with Crippen LogP contribution in [0.25, 0.3) is 0 Å². The summed E-state index contributed by atoms with van der Waals surface area (Å²) >= 11 is 0. The Morgan fingerprint density at radius 3 is 2.45 bits per heavy atom. The highest BCUT2D eigenvalue weighted by Gasteiger charge is 2.21. The third kappa shape index (κ3) is 4.25. The Kier molecular flexibility index (Phi) is 5.12. The number of nitrogens with one attached hydrogen (secondary N) is 1. The van der Waals surface area contributed by atoms with Gasteiger partial charge >= 0.3 is 0 Å². The highest BCUT2D eigenvalue weighted by Crippen LogP contribution is 2.12. The lowest BCUT2D eigenvalue weighted by atomic mass is 10.1. The fraction of sp³-hybridized carbons (Fsp3) is 0.250. The van der Waals surface area contributed by atoms with Crippen molar-refractivity contribution in [2.24, 2.45) is 0 Å². The zero-order valence-electron chi connectivity index (χ0n) is 10.6. The molecule has 0 aliphatic rings. The molecule has 0 heterocycles. The lowest BCUT2D eigenvalue weighted by Crippen LogP contribution is -2.28. The Morgan fingerprint density at radius 1 is 1.25 bits per heavy atom. The Balaban J connectivity index is 2.93. The van der Waals surface area contributed by atoms with Gasteiger partial charge in [0.1, 0.15) is 0 Å². The number of benzene rings is 1. The number of carbonyl (C=O) groups excluding carboxylic acids is 3. The molecule has 1 aromatic carbocycles. The lowest BCUT2D eigenvalue weighted by molar-refractivity contribution is -0.126. The van der Waals surface area contributed by atoms with Crippen molar-refractivity contribution in [3.63, 3.8) is 0 Å². The Hall–Kier alpha value is -2.06. The van der Waals surface area contributed by atoms with Crippen LogP contribution in [0.4, 0.5) is 0 Å². The van der Waals surface area contributed by atoms with Gasteiger partial charge in [-0.3, -0.25) is 18.9 Å². The predicted octanol–water partition coefficient (Wildman–Crippen LogP) is 0.211. The van der Waals surface area contributed by atoms with Crippen molar-refractivity contribution in [2.75, 3.05) is 6.54 Å². The van der Waals surface area contributed by atoms with Crippen molar-refractivity contribution in [1.29, 1.82) is 0 Å². The zero-order chi connectivity index (χ0) is 15.3. The molecule has 0 radical (unpaired) electrons. The van der Waals surface area contributed by atoms with Crippen molar-refractivity contribution in [3.05, 3.63) is 29.8 Å². The van der Waals surface area contributed by atoms with Gasteiger partial charge < -0.3 is 5.32 Å². The summed E-state index contributed by atoms with van der Waals surface area (Å²) < 4.78 is 30.7. The summed E-state index contributed by atoms with van der Waals surface area (Å²) in [6.45, 7) is 2.00. The largest absolute Gasteiger partial charge is 0.356 e. The van der Waals surface area contributed by atoms with Crippen LogP contribution in [0.5, 0.6) is 0 Å². The summed E-state index contributed by atoms with van der Waals surface area (Å²) in [5.41, 5.74) is -0.200. The molecule has 8 heteroatoms. The first-order chi connectivity index (χ1) is 9.25. The number of hydrogen-bond acceptors (Lipinski definition) is 5. The van der Waals surface area contributed by atoms with E-state index in [-0.39, 0.29) is 5.56 Å². The SMILES string of the molecule is CCNC(=O)CC(=O)C(=O)c1cccc(S(=O)(=O)O)c1. The Morgan fingerprint density at radius 2 is 1.90 bits per heavy atom. The van der Waals surface area contributed by atoms with Crippen LogP contribution >= 0.6 is 0 Å². The van der Waals surface area contributed by atoms with Crippen LogP contribution in [0, 0.1) is 0 Å². The molecule has 0 bridgehead atoms. The van der Waals surface area contributed by atoms with E-state index in [1.807, 2.05) is 0 Å². The van der Waals surface area contributed by atoms with E-state index in [2.05, 4.69) is 5.32 Å². The third-order valence-corrected chi connectivity index (χ3v) is 3.19. The van der Waals surface area contributed by atoms with E-state index in [0.29, 0.717) is 6.54 Å². The summed E-state index contributed by atoms with van der Waals surface area (Å²) in [5.74, 6) is -2.53. The van der Waals surface area contributed by atoms with Crippen LogP contribution in [0.1, 0.15) is 23.7 Å². The average molecular weight is 299 g/mol. The van der Waals surface area contributed by atoms with Crippen LogP contribution in [0.2, 0.25) is 0 Å². The molecule has 0 atom stereocenters. The van der Waals surface area contributed by atoms with Crippen molar-refractivity contribution >= 4 is 27.6 Å². The van der Waals surface area contributed by atoms with Crippen LogP contribution in [0.15, 0.2) is 29.2 Å². The molecular formula is C12H13NO6S. The molecule has 2 N–H and O–H groups in total. The fourth-order valence-corrected chi connectivity index (χ4v) is 1.97. The summed E-state index contributed by atoms with van der Waals surface area (Å²) in [5, 5.41) is 2.37. The van der Waals surface area contributed by atoms with E-state index in [1.165, 1.54) is 12.1 Å². The molecule has 0 saturated heterocycles. The molecule has 0 fully saturated rings. The average Bonchev–Trinajstić information content (AvgIpc) is 2.37. The van der Waals surface area contributed by atoms with Gasteiger partial charge in [-0.25, -0.2) is 0 Å². The highest BCUT2D eigenvalue weighted by molar-refractivity contribution is 7.85. The number of amides is 1. The number of Topliss-reactive ketones (excluding diaryl/α,β-unsaturated/α-hetero) is 2. The van der Waals surface area contributed by atoms with E-state index >= 15 is 0 Å². The maximum Gasteiger partial charge on any atom is 0.294 e. The van der Waals surface area contributed by atoms with Crippen LogP contribution < -0.4 is 5.32 Å². The Bertz CT molecular complexity index is 650. The van der Waals surface area contributed by atoms with Gasteiger partial charge in [0.15, 0.2) is 0 Å². The van der Waals surface area contributed by atoms with Gasteiger partial charge in [-0.15, -0.1) is 0 Å². The first kappa shape index (κ1) is 16.0. The molecule has 0 saturated carbocycles. The molecule has 0 aliphatic carbocycles. The van der Waals surface area contributed by atoms with Crippen molar-refractivity contribution in [2.45, 2.75) is 18.2 Å². The van der Waals surface area contributed by atoms with Gasteiger partial charge in [0.2, 0.25) is 17.5 Å². The molecule has 108 valence electrons. The minimum absolute atomic E-state index is 0.200. The standard InChI is InChI=1S/C12H13NO6S/c1-2-13-11(15)7-10(14)12(16)8-4-3-5-9(6-8)20(17,18)19/h3-6H,2,7H2,1H3,(H,13,15)(H,17,18,19). The predicted molar refractivity (Wildman–Crippen MR) is 68.9 cm³/mol. The monoisotopic (exact) mass is 299 g/mol. The lowest BCUT2D eigenvalue weighted by Gasteiger charge is -2.03. The first-order valence-corrected chi connectivity index (χ1v) is 7.11. The second kappa shape index (κ2) is 6.40. The van der Waals surface area contributed by atoms with Gasteiger partial charge in [0, 0.05) is 12.1 Å². The van der Waals surface area contributed by atoms with Crippen molar-refractivity contribution in [1.82, 2.24) is 5.32 Å². The summed E-state index contributed by atoms with van der Waals surface area (Å²) in [7, 11) is -4.46. The number of carbonyl (C=O) groups is 3. The molecule has 0 unspecified atom stereocenters. The van der Waals surface area contributed by atoms with Crippen LogP contribution in [0.3, 0.4) is 0 Å². The molecule has 20 heavy (non-hydrogen) atoms. The molecule has 7 nitrogen and oxygen atoms in total. The topological polar surface area (TPSA) is 118 Å². The molecule has 1 aromatic rings. The van der Waals surface area contributed by atoms with E-state index in [9.17, 15) is 22.8 Å². The summed E-state index contributed by atoms with van der Waals surface area (Å²) in [6.07, 6.45) is -0.608. The van der Waals surface area contributed by atoms with E-state index in [0.717, 1.165) is 12.1 Å². The highest BCUT2D eigenvalue weighted by atomic mass is 32.2. The van der Waals surface area contributed by atoms with Gasteiger partial charge in [-0.05, 0) is 19.1 Å². The molecule has 0 aromatic heterocycles. The second-order valence-electron chi connectivity index (χ2n) is 3.89. The summed E-state index contributed by atoms with van der Waals surface area (Å²) in [6, 6.07) is 4.41. The number of rotatable bonds is 6. The number of hydrogen-bond donors (Lipinski definition) is 2. The van der Waals surface area contributed by atoms with Gasteiger partial charge in [0.05, 0.1) is 11.3 Å². The maximum atomic E-state index is 11.8. The van der Waals surface area contributed by atoms with E-state index in [4.69, 9.17) is 4.55 Å². The van der Waals surface area contributed by atoms with Gasteiger partial charge in [-0.1, -0.05) is 12.1 Å². The molecular weight excluding hydrogens is 286 g/mol. The van der Waals surface area contributed by atoms with Crippen LogP contribution in [-0.2, 0) is 19.7 Å². The number of ketones is 2. The quantitative estimate of drug-likeness (QED) is 0.335. The Labute approximate surface area is 115 Å². The molecule has 1 rings (SSSR count). The second-order valence-corrected chi connectivity index (χ2v) is 5.31. The van der Waals surface area contributed by atoms with Gasteiger partial charge in [-0.2, -0.15) is 8.42 Å². The van der Waals surface area contributed by atoms with Crippen molar-refractivity contribution < 1.29 is 27.4 Å². The first-order valence-electron chi connectivity index (χ1n) is 5.67. The third-order valence-electron chi connectivity index (χ3n) is 2.34. The fourth-order valence-electron chi connectivity index (χ4n) is 1.44. The maximum absolute atomic E-state index is 11.8. The van der Waals surface area contributed by atoms with Crippen LogP contribution in [-0.4, -0.2) is 37.0 Å². The minimum Gasteiger partial charge on any atom is -0.356 e. The zero-order valence-corrected chi connectivity index (χ0v) is 11.4. The van der Waals surface area contributed by atoms with E-state index < -0.39 is 38.9 Å². The minimum atomic E-state index is -4.46. The smallest absolute Gasteiger partial charge is 0.294 e. The van der Waals surface area contributed by atoms with Gasteiger partial charge in [0.25, 0.3) is 10.1 Å². The molecule has 0 spiro atoms. The normalized spacial score (nSPS) is 10.9. The molecule has 0 aliphatic heterocycles. The van der Waals surface area contributed by atoms with E-state index in [1.54, 1.807) is 6.92 Å². The summed E-state index contributed by atoms with van der Waals surface area (Å²) in [4.78, 5) is 34.0. The molecule has 1 amide bonds.